The van der Waals surface area contributed by atoms with E-state index < -0.39 is 0 Å². The van der Waals surface area contributed by atoms with E-state index in [1.807, 2.05) is 0 Å². The fourth-order valence-electron chi connectivity index (χ4n) is 4.36. The standard InChI is InChI=1S/C28H50N2O2/c1-8-29(9-2)18-14-12-16-26(31)23-20-24(22-25(21-23)28(5,6)7)27(32)17-13-15-19-30(10-3)11-4/h21-23H,8-20H2,1-7H3. The Morgan fingerprint density at radius 3 is 1.81 bits per heavy atom. The van der Waals surface area contributed by atoms with Crippen molar-refractivity contribution in [3.05, 3.63) is 23.3 Å². The second kappa shape index (κ2) is 14.8. The molecular formula is C28H50N2O2. The summed E-state index contributed by atoms with van der Waals surface area (Å²) in [5.74, 6) is 0.391. The molecule has 0 heterocycles. The van der Waals surface area contributed by atoms with Crippen molar-refractivity contribution in [1.29, 1.82) is 0 Å². The molecule has 0 saturated heterocycles. The molecule has 1 aliphatic rings. The van der Waals surface area contributed by atoms with Gasteiger partial charge in [-0.1, -0.05) is 60.6 Å². The summed E-state index contributed by atoms with van der Waals surface area (Å²) in [5, 5.41) is 0. The van der Waals surface area contributed by atoms with Gasteiger partial charge in [-0.15, -0.1) is 0 Å². The average molecular weight is 447 g/mol. The summed E-state index contributed by atoms with van der Waals surface area (Å²) in [7, 11) is 0. The Morgan fingerprint density at radius 2 is 1.34 bits per heavy atom. The van der Waals surface area contributed by atoms with E-state index >= 15 is 0 Å². The van der Waals surface area contributed by atoms with Crippen LogP contribution in [0.5, 0.6) is 0 Å². The van der Waals surface area contributed by atoms with Crippen molar-refractivity contribution in [3.8, 4) is 0 Å². The van der Waals surface area contributed by atoms with Gasteiger partial charge in [0.2, 0.25) is 0 Å². The number of carbonyl (C=O) groups is 2. The Kier molecular flexibility index (Phi) is 13.3. The zero-order valence-electron chi connectivity index (χ0n) is 22.1. The number of hydrogen-bond donors (Lipinski definition) is 0. The number of nitrogens with zero attached hydrogens (tertiary/aromatic N) is 2. The Bertz CT molecular complexity index is 634. The van der Waals surface area contributed by atoms with Crippen LogP contribution in [0, 0.1) is 11.3 Å². The minimum Gasteiger partial charge on any atom is -0.304 e. The van der Waals surface area contributed by atoms with Gasteiger partial charge in [-0.2, -0.15) is 0 Å². The molecule has 0 N–H and O–H groups in total. The van der Waals surface area contributed by atoms with Crippen molar-refractivity contribution in [2.45, 2.75) is 93.4 Å². The summed E-state index contributed by atoms with van der Waals surface area (Å²) in [6.45, 7) is 21.6. The van der Waals surface area contributed by atoms with Crippen LogP contribution >= 0.6 is 0 Å². The molecule has 0 aromatic heterocycles. The molecule has 4 nitrogen and oxygen atoms in total. The molecule has 0 saturated carbocycles. The molecule has 0 amide bonds. The first-order chi connectivity index (χ1) is 15.2. The Morgan fingerprint density at radius 1 is 0.844 bits per heavy atom. The lowest BCUT2D eigenvalue weighted by Gasteiger charge is -2.28. The molecule has 1 aliphatic carbocycles. The summed E-state index contributed by atoms with van der Waals surface area (Å²) >= 11 is 0. The minimum absolute atomic E-state index is 0.0595. The van der Waals surface area contributed by atoms with Crippen LogP contribution in [0.25, 0.3) is 0 Å². The molecule has 0 spiro atoms. The highest BCUT2D eigenvalue weighted by molar-refractivity contribution is 5.97. The van der Waals surface area contributed by atoms with Crippen LogP contribution in [0.3, 0.4) is 0 Å². The van der Waals surface area contributed by atoms with Crippen molar-refractivity contribution in [3.63, 3.8) is 0 Å². The Hall–Kier alpha value is -1.26. The van der Waals surface area contributed by atoms with Crippen molar-refractivity contribution in [1.82, 2.24) is 9.80 Å². The van der Waals surface area contributed by atoms with Crippen LogP contribution < -0.4 is 0 Å². The van der Waals surface area contributed by atoms with Gasteiger partial charge in [0.05, 0.1) is 0 Å². The molecule has 184 valence electrons. The number of carbonyl (C=O) groups excluding carboxylic acids is 2. The second-order valence-corrected chi connectivity index (χ2v) is 10.2. The van der Waals surface area contributed by atoms with E-state index in [9.17, 15) is 9.59 Å². The highest BCUT2D eigenvalue weighted by Gasteiger charge is 2.28. The van der Waals surface area contributed by atoms with Gasteiger partial charge in [-0.3, -0.25) is 9.59 Å². The molecule has 0 radical (unpaired) electrons. The van der Waals surface area contributed by atoms with Gasteiger partial charge in [-0.05, 0) is 87.9 Å². The number of Topliss-reactive ketones (excluding diaryl/α,β-unsaturated/α-hetero) is 2. The molecule has 0 aromatic rings. The zero-order valence-corrected chi connectivity index (χ0v) is 22.1. The quantitative estimate of drug-likeness (QED) is 0.270. The van der Waals surface area contributed by atoms with Gasteiger partial charge in [0.25, 0.3) is 0 Å². The highest BCUT2D eigenvalue weighted by Crippen LogP contribution is 2.35. The highest BCUT2D eigenvalue weighted by atomic mass is 16.1. The maximum Gasteiger partial charge on any atom is 0.158 e. The first kappa shape index (κ1) is 28.8. The van der Waals surface area contributed by atoms with E-state index in [2.05, 4.69) is 70.4 Å². The maximum atomic E-state index is 13.0. The number of hydrogen-bond acceptors (Lipinski definition) is 4. The predicted octanol–water partition coefficient (Wildman–Crippen LogP) is 6.07. The van der Waals surface area contributed by atoms with Gasteiger partial charge < -0.3 is 9.80 Å². The van der Waals surface area contributed by atoms with E-state index in [1.165, 1.54) is 0 Å². The van der Waals surface area contributed by atoms with Crippen LogP contribution in [0.2, 0.25) is 0 Å². The number of allylic oxidation sites excluding steroid dienone is 4. The van der Waals surface area contributed by atoms with Crippen LogP contribution in [0.1, 0.15) is 93.4 Å². The molecule has 0 aliphatic heterocycles. The van der Waals surface area contributed by atoms with E-state index in [0.717, 1.165) is 76.1 Å². The smallest absolute Gasteiger partial charge is 0.158 e. The molecule has 1 atom stereocenters. The number of unbranched alkanes of at least 4 members (excludes halogenated alkanes) is 2. The molecule has 0 bridgehead atoms. The van der Waals surface area contributed by atoms with E-state index in [-0.39, 0.29) is 17.1 Å². The van der Waals surface area contributed by atoms with Gasteiger partial charge in [0.15, 0.2) is 5.78 Å². The van der Waals surface area contributed by atoms with Crippen molar-refractivity contribution in [2.24, 2.45) is 11.3 Å². The SMILES string of the molecule is CCN(CC)CCCCC(=O)C1=CC(C(C)(C)C)=CC(C(=O)CCCCN(CC)CC)C1. The van der Waals surface area contributed by atoms with Gasteiger partial charge in [0.1, 0.15) is 5.78 Å². The third kappa shape index (κ3) is 10.1. The molecule has 32 heavy (non-hydrogen) atoms. The molecule has 1 unspecified atom stereocenters. The summed E-state index contributed by atoms with van der Waals surface area (Å²) in [6, 6.07) is 0. The van der Waals surface area contributed by atoms with Gasteiger partial charge >= 0.3 is 0 Å². The fraction of sp³-hybridized carbons (Fsp3) is 0.786. The van der Waals surface area contributed by atoms with Crippen LogP contribution in [-0.2, 0) is 9.59 Å². The lowest BCUT2D eigenvalue weighted by molar-refractivity contribution is -0.121. The van der Waals surface area contributed by atoms with Crippen LogP contribution in [0.15, 0.2) is 23.3 Å². The summed E-state index contributed by atoms with van der Waals surface area (Å²) < 4.78 is 0. The zero-order chi connectivity index (χ0) is 24.1. The van der Waals surface area contributed by atoms with Crippen molar-refractivity contribution in [2.75, 3.05) is 39.3 Å². The van der Waals surface area contributed by atoms with Crippen LogP contribution in [0.4, 0.5) is 0 Å². The summed E-state index contributed by atoms with van der Waals surface area (Å²) in [4.78, 5) is 30.8. The molecule has 0 aromatic carbocycles. The van der Waals surface area contributed by atoms with Crippen molar-refractivity contribution < 1.29 is 9.59 Å². The maximum absolute atomic E-state index is 13.0. The minimum atomic E-state index is -0.141. The monoisotopic (exact) mass is 446 g/mol. The van der Waals surface area contributed by atoms with Crippen LogP contribution in [-0.4, -0.2) is 60.6 Å². The summed E-state index contributed by atoms with van der Waals surface area (Å²) in [5.41, 5.74) is 1.94. The Labute approximate surface area is 198 Å². The second-order valence-electron chi connectivity index (χ2n) is 10.2. The fourth-order valence-corrected chi connectivity index (χ4v) is 4.36. The van der Waals surface area contributed by atoms with E-state index in [4.69, 9.17) is 0 Å². The van der Waals surface area contributed by atoms with Crippen molar-refractivity contribution >= 4 is 11.6 Å². The lowest BCUT2D eigenvalue weighted by atomic mass is 9.76. The average Bonchev–Trinajstić information content (AvgIpc) is 2.78. The summed E-state index contributed by atoms with van der Waals surface area (Å²) in [6.07, 6.45) is 9.99. The van der Waals surface area contributed by atoms with Gasteiger partial charge in [0, 0.05) is 18.8 Å². The molecular weight excluding hydrogens is 396 g/mol. The lowest BCUT2D eigenvalue weighted by Crippen LogP contribution is -2.25. The first-order valence-electron chi connectivity index (χ1n) is 13.1. The van der Waals surface area contributed by atoms with E-state index in [1.54, 1.807) is 0 Å². The molecule has 0 fully saturated rings. The number of ketones is 2. The third-order valence-corrected chi connectivity index (χ3v) is 6.85. The normalized spacial score (nSPS) is 17.0. The first-order valence-corrected chi connectivity index (χ1v) is 13.1. The number of rotatable bonds is 16. The van der Waals surface area contributed by atoms with E-state index in [0.29, 0.717) is 25.0 Å². The molecule has 1 rings (SSSR count). The topological polar surface area (TPSA) is 40.6 Å². The molecule has 4 heteroatoms. The predicted molar refractivity (Wildman–Crippen MR) is 137 cm³/mol. The largest absolute Gasteiger partial charge is 0.304 e. The third-order valence-electron chi connectivity index (χ3n) is 6.85. The van der Waals surface area contributed by atoms with Gasteiger partial charge in [-0.25, -0.2) is 0 Å². The Balaban J connectivity index is 2.67.